The van der Waals surface area contributed by atoms with Crippen LogP contribution < -0.4 is 16.6 Å². The number of aryl methyl sites for hydroxylation is 1. The lowest BCUT2D eigenvalue weighted by Gasteiger charge is -2.12. The van der Waals surface area contributed by atoms with Gasteiger partial charge in [0.2, 0.25) is 0 Å². The third-order valence-electron chi connectivity index (χ3n) is 3.30. The standard InChI is InChI=1S/C12H18N8/c1-7-10(14-5-9-15-6-20(2)19-9)16-12(8-3-4-8)17-11(7)18-13/h6,8H,3-5,13H2,1-2H3,(H2,14,16,17,18). The van der Waals surface area contributed by atoms with Crippen LogP contribution in [0.4, 0.5) is 11.6 Å². The fourth-order valence-electron chi connectivity index (χ4n) is 2.00. The normalized spacial score (nSPS) is 14.3. The predicted molar refractivity (Wildman–Crippen MR) is 74.9 cm³/mol. The fourth-order valence-corrected chi connectivity index (χ4v) is 2.00. The van der Waals surface area contributed by atoms with Crippen molar-refractivity contribution in [2.24, 2.45) is 12.9 Å². The second kappa shape index (κ2) is 5.04. The van der Waals surface area contributed by atoms with E-state index >= 15 is 0 Å². The summed E-state index contributed by atoms with van der Waals surface area (Å²) in [5, 5.41) is 7.48. The van der Waals surface area contributed by atoms with E-state index in [9.17, 15) is 0 Å². The first kappa shape index (κ1) is 12.8. The van der Waals surface area contributed by atoms with Crippen LogP contribution in [0.5, 0.6) is 0 Å². The van der Waals surface area contributed by atoms with Crippen molar-refractivity contribution in [2.45, 2.75) is 32.2 Å². The second-order valence-electron chi connectivity index (χ2n) is 5.01. The second-order valence-corrected chi connectivity index (χ2v) is 5.01. The molecule has 2 aromatic heterocycles. The molecule has 2 aromatic rings. The van der Waals surface area contributed by atoms with E-state index in [-0.39, 0.29) is 0 Å². The third-order valence-corrected chi connectivity index (χ3v) is 3.30. The van der Waals surface area contributed by atoms with Gasteiger partial charge in [-0.15, -0.1) is 0 Å². The van der Waals surface area contributed by atoms with Crippen molar-refractivity contribution in [3.63, 3.8) is 0 Å². The molecule has 3 rings (SSSR count). The summed E-state index contributed by atoms with van der Waals surface area (Å²) < 4.78 is 1.67. The van der Waals surface area contributed by atoms with Gasteiger partial charge in [0.1, 0.15) is 23.8 Å². The molecule has 1 aliphatic carbocycles. The molecule has 8 nitrogen and oxygen atoms in total. The molecule has 0 amide bonds. The van der Waals surface area contributed by atoms with Crippen LogP contribution in [0.1, 0.15) is 36.0 Å². The van der Waals surface area contributed by atoms with Crippen LogP contribution in [-0.2, 0) is 13.6 Å². The van der Waals surface area contributed by atoms with E-state index in [0.717, 1.165) is 35.9 Å². The number of nitrogens with zero attached hydrogens (tertiary/aromatic N) is 5. The van der Waals surface area contributed by atoms with Gasteiger partial charge in [0, 0.05) is 18.5 Å². The number of hydrazine groups is 1. The van der Waals surface area contributed by atoms with Crippen LogP contribution >= 0.6 is 0 Å². The van der Waals surface area contributed by atoms with Crippen molar-refractivity contribution < 1.29 is 0 Å². The minimum Gasteiger partial charge on any atom is -0.362 e. The monoisotopic (exact) mass is 274 g/mol. The van der Waals surface area contributed by atoms with Crippen molar-refractivity contribution in [1.82, 2.24) is 24.7 Å². The number of anilines is 2. The SMILES string of the molecule is Cc1c(NN)nc(C2CC2)nc1NCc1ncn(C)n1. The summed E-state index contributed by atoms with van der Waals surface area (Å²) in [5.41, 5.74) is 3.53. The highest BCUT2D eigenvalue weighted by Crippen LogP contribution is 2.39. The Morgan fingerprint density at radius 3 is 2.70 bits per heavy atom. The highest BCUT2D eigenvalue weighted by Gasteiger charge is 2.28. The van der Waals surface area contributed by atoms with Crippen LogP contribution in [0.15, 0.2) is 6.33 Å². The lowest BCUT2D eigenvalue weighted by atomic mass is 10.3. The first-order chi connectivity index (χ1) is 9.67. The van der Waals surface area contributed by atoms with Gasteiger partial charge < -0.3 is 10.7 Å². The molecule has 0 spiro atoms. The summed E-state index contributed by atoms with van der Waals surface area (Å²) in [6.07, 6.45) is 3.97. The molecule has 0 bridgehead atoms. The van der Waals surface area contributed by atoms with Crippen molar-refractivity contribution in [2.75, 3.05) is 10.7 Å². The molecule has 0 aromatic carbocycles. The topological polar surface area (TPSA) is 107 Å². The van der Waals surface area contributed by atoms with Gasteiger partial charge in [-0.3, -0.25) is 4.68 Å². The maximum absolute atomic E-state index is 5.52. The molecule has 1 saturated carbocycles. The molecule has 20 heavy (non-hydrogen) atoms. The Morgan fingerprint density at radius 2 is 2.10 bits per heavy atom. The summed E-state index contributed by atoms with van der Waals surface area (Å²) in [5.74, 6) is 9.01. The highest BCUT2D eigenvalue weighted by molar-refractivity contribution is 5.57. The molecule has 0 saturated heterocycles. The molecule has 0 unspecified atom stereocenters. The Bertz CT molecular complexity index is 616. The Hall–Kier alpha value is -2.22. The van der Waals surface area contributed by atoms with E-state index < -0.39 is 0 Å². The predicted octanol–water partition coefficient (Wildman–Crippen LogP) is 0.689. The number of nitrogens with one attached hydrogen (secondary N) is 2. The largest absolute Gasteiger partial charge is 0.362 e. The maximum Gasteiger partial charge on any atom is 0.169 e. The fraction of sp³-hybridized carbons (Fsp3) is 0.500. The first-order valence-corrected chi connectivity index (χ1v) is 6.61. The Balaban J connectivity index is 1.81. The number of nitrogens with two attached hydrogens (primary N) is 1. The van der Waals surface area contributed by atoms with Crippen molar-refractivity contribution in [1.29, 1.82) is 0 Å². The average molecular weight is 274 g/mol. The van der Waals surface area contributed by atoms with E-state index in [4.69, 9.17) is 5.84 Å². The summed E-state index contributed by atoms with van der Waals surface area (Å²) in [4.78, 5) is 13.2. The molecule has 0 radical (unpaired) electrons. The molecule has 0 aliphatic heterocycles. The minimum absolute atomic E-state index is 0.469. The van der Waals surface area contributed by atoms with E-state index in [1.165, 1.54) is 0 Å². The summed E-state index contributed by atoms with van der Waals surface area (Å²) >= 11 is 0. The summed E-state index contributed by atoms with van der Waals surface area (Å²) in [6.45, 7) is 2.45. The van der Waals surface area contributed by atoms with Crippen LogP contribution in [0, 0.1) is 6.92 Å². The van der Waals surface area contributed by atoms with Gasteiger partial charge in [0.05, 0.1) is 6.54 Å². The highest BCUT2D eigenvalue weighted by atomic mass is 15.3. The van der Waals surface area contributed by atoms with E-state index in [2.05, 4.69) is 30.8 Å². The number of rotatable bonds is 5. The zero-order valence-corrected chi connectivity index (χ0v) is 11.6. The molecule has 4 N–H and O–H groups in total. The Kier molecular flexibility index (Phi) is 3.23. The molecular weight excluding hydrogens is 256 g/mol. The quantitative estimate of drug-likeness (QED) is 0.544. The summed E-state index contributed by atoms with van der Waals surface area (Å²) in [7, 11) is 1.84. The molecule has 1 aliphatic rings. The average Bonchev–Trinajstić information content (AvgIpc) is 3.21. The van der Waals surface area contributed by atoms with E-state index in [1.54, 1.807) is 11.0 Å². The maximum atomic E-state index is 5.52. The molecule has 1 fully saturated rings. The van der Waals surface area contributed by atoms with Gasteiger partial charge in [0.25, 0.3) is 0 Å². The number of hydrogen-bond acceptors (Lipinski definition) is 7. The zero-order chi connectivity index (χ0) is 14.1. The smallest absolute Gasteiger partial charge is 0.169 e. The Labute approximate surface area is 116 Å². The van der Waals surface area contributed by atoms with Gasteiger partial charge in [-0.1, -0.05) is 0 Å². The molecular formula is C12H18N8. The van der Waals surface area contributed by atoms with Crippen LogP contribution in [0.3, 0.4) is 0 Å². The van der Waals surface area contributed by atoms with Crippen LogP contribution in [0.2, 0.25) is 0 Å². The van der Waals surface area contributed by atoms with Gasteiger partial charge in [-0.25, -0.2) is 20.8 Å². The van der Waals surface area contributed by atoms with E-state index in [0.29, 0.717) is 18.3 Å². The van der Waals surface area contributed by atoms with Crippen LogP contribution in [-0.4, -0.2) is 24.7 Å². The Morgan fingerprint density at radius 1 is 1.35 bits per heavy atom. The lowest BCUT2D eigenvalue weighted by Crippen LogP contribution is -2.15. The van der Waals surface area contributed by atoms with Crippen LogP contribution in [0.25, 0.3) is 0 Å². The minimum atomic E-state index is 0.469. The third kappa shape index (κ3) is 2.55. The lowest BCUT2D eigenvalue weighted by molar-refractivity contribution is 0.746. The van der Waals surface area contributed by atoms with Gasteiger partial charge >= 0.3 is 0 Å². The first-order valence-electron chi connectivity index (χ1n) is 6.61. The number of nitrogen functional groups attached to an aromatic ring is 1. The molecule has 8 heteroatoms. The van der Waals surface area contributed by atoms with Crippen molar-refractivity contribution in [3.05, 3.63) is 23.5 Å². The molecule has 106 valence electrons. The number of aromatic nitrogens is 5. The molecule has 0 atom stereocenters. The summed E-state index contributed by atoms with van der Waals surface area (Å²) in [6, 6.07) is 0. The van der Waals surface area contributed by atoms with Gasteiger partial charge in [-0.2, -0.15) is 5.10 Å². The van der Waals surface area contributed by atoms with Gasteiger partial charge in [-0.05, 0) is 19.8 Å². The van der Waals surface area contributed by atoms with Crippen molar-refractivity contribution in [3.8, 4) is 0 Å². The molecule has 2 heterocycles. The zero-order valence-electron chi connectivity index (χ0n) is 11.6. The van der Waals surface area contributed by atoms with E-state index in [1.807, 2.05) is 14.0 Å². The van der Waals surface area contributed by atoms with Crippen molar-refractivity contribution >= 4 is 11.6 Å². The number of hydrogen-bond donors (Lipinski definition) is 3. The van der Waals surface area contributed by atoms with Gasteiger partial charge in [0.15, 0.2) is 5.82 Å².